The highest BCUT2D eigenvalue weighted by molar-refractivity contribution is 7.95. The van der Waals surface area contributed by atoms with E-state index in [4.69, 9.17) is 4.74 Å². The largest absolute Gasteiger partial charge is 0.496 e. The van der Waals surface area contributed by atoms with Crippen LogP contribution in [0, 0.1) is 116 Å². The first-order valence-electron chi connectivity index (χ1n) is 20.4. The van der Waals surface area contributed by atoms with Crippen LogP contribution in [-0.2, 0) is 6.16 Å². The van der Waals surface area contributed by atoms with Crippen LogP contribution in [-0.4, -0.2) is 13.3 Å². The van der Waals surface area contributed by atoms with Crippen molar-refractivity contribution in [2.75, 3.05) is 7.11 Å². The molecule has 0 aromatic heterocycles. The minimum absolute atomic E-state index is 0.926. The van der Waals surface area contributed by atoms with Crippen molar-refractivity contribution in [3.05, 3.63) is 237 Å². The predicted molar refractivity (Wildman–Crippen MR) is 231 cm³/mol. The third-order valence-electron chi connectivity index (χ3n) is 11.9. The Morgan fingerprint density at radius 3 is 0.726 bits per heavy atom. The van der Waals surface area contributed by atoms with Crippen LogP contribution in [0.2, 0.25) is 0 Å². The molecule has 0 unspecified atom stereocenters. The second-order valence-corrected chi connectivity index (χ2v) is 19.1. The molecule has 73 heavy (non-hydrogen) atoms. The molecule has 8 rings (SSSR count). The zero-order valence-electron chi connectivity index (χ0n) is 36.2. The van der Waals surface area contributed by atoms with Gasteiger partial charge in [-0.3, -0.25) is 0 Å². The molecule has 0 amide bonds. The molecule has 23 heteroatoms. The molecule has 0 fully saturated rings. The fourth-order valence-electron chi connectivity index (χ4n) is 8.73. The number of benzene rings is 8. The Labute approximate surface area is 399 Å². The van der Waals surface area contributed by atoms with E-state index >= 15 is 35.1 Å². The van der Waals surface area contributed by atoms with Crippen LogP contribution in [0.15, 0.2) is 115 Å². The molecule has 0 atom stereocenters. The smallest absolute Gasteiger partial charge is 0.200 e. The van der Waals surface area contributed by atoms with Gasteiger partial charge in [-0.25, -0.2) is 87.8 Å². The van der Waals surface area contributed by atoms with E-state index in [0.717, 1.165) is 11.9 Å². The summed E-state index contributed by atoms with van der Waals surface area (Å²) in [7, 11) is -0.139. The summed E-state index contributed by atoms with van der Waals surface area (Å²) in [5, 5.41) is 4.16. The number of rotatable bonds is 10. The summed E-state index contributed by atoms with van der Waals surface area (Å²) in [5.41, 5.74) is -13.1. The van der Waals surface area contributed by atoms with Gasteiger partial charge in [0.1, 0.15) is 87.8 Å². The Balaban J connectivity index is 0.000000237. The lowest BCUT2D eigenvalue weighted by atomic mass is 9.12. The Bertz CT molecular complexity index is 2940. The van der Waals surface area contributed by atoms with Crippen molar-refractivity contribution in [3.8, 4) is 5.75 Å². The zero-order chi connectivity index (χ0) is 53.6. The summed E-state index contributed by atoms with van der Waals surface area (Å²) in [6, 6.07) is 41.3. The molecule has 0 saturated heterocycles. The minimum atomic E-state index is -7.22. The summed E-state index contributed by atoms with van der Waals surface area (Å²) in [6.45, 7) is 0. The molecule has 0 aliphatic heterocycles. The van der Waals surface area contributed by atoms with Crippen molar-refractivity contribution in [1.29, 1.82) is 0 Å². The lowest BCUT2D eigenvalue weighted by molar-refractivity contribution is 0.378. The van der Waals surface area contributed by atoms with Crippen LogP contribution >= 0.6 is 7.26 Å². The van der Waals surface area contributed by atoms with Gasteiger partial charge in [-0.2, -0.15) is 0 Å². The minimum Gasteiger partial charge on any atom is -0.496 e. The summed E-state index contributed by atoms with van der Waals surface area (Å²) in [5.74, 6) is -70.5. The maximum atomic E-state index is 15.4. The van der Waals surface area contributed by atoms with Gasteiger partial charge in [0.2, 0.25) is 0 Å². The van der Waals surface area contributed by atoms with E-state index in [1.165, 1.54) is 21.5 Å². The topological polar surface area (TPSA) is 9.23 Å². The van der Waals surface area contributed by atoms with Crippen molar-refractivity contribution < 1.29 is 92.5 Å². The van der Waals surface area contributed by atoms with Crippen LogP contribution in [0.5, 0.6) is 5.75 Å². The van der Waals surface area contributed by atoms with Gasteiger partial charge in [-0.05, 0) is 42.5 Å². The van der Waals surface area contributed by atoms with Crippen molar-refractivity contribution in [2.24, 2.45) is 0 Å². The maximum absolute atomic E-state index is 15.4. The molecule has 0 N–H and O–H groups in total. The molecule has 0 bridgehead atoms. The molecule has 1 nitrogen and oxygen atoms in total. The number of hydrogen-bond acceptors (Lipinski definition) is 1. The Hall–Kier alpha value is -7.35. The van der Waals surface area contributed by atoms with Crippen molar-refractivity contribution >= 4 is 51.2 Å². The van der Waals surface area contributed by atoms with Crippen molar-refractivity contribution in [2.45, 2.75) is 6.16 Å². The van der Waals surface area contributed by atoms with Gasteiger partial charge in [0.15, 0.2) is 69.8 Å². The van der Waals surface area contributed by atoms with E-state index < -0.39 is 152 Å². The number of halogens is 20. The van der Waals surface area contributed by atoms with Crippen molar-refractivity contribution in [3.63, 3.8) is 0 Å². The van der Waals surface area contributed by atoms with Gasteiger partial charge >= 0.3 is 0 Å². The summed E-state index contributed by atoms with van der Waals surface area (Å²) in [6.07, 6.45) is -6.29. The van der Waals surface area contributed by atoms with E-state index in [1.807, 2.05) is 6.07 Å². The zero-order valence-corrected chi connectivity index (χ0v) is 37.1. The number of ether oxygens (including phenoxy) is 1. The Morgan fingerprint density at radius 1 is 0.288 bits per heavy atom. The number of methoxy groups -OCH3 is 1. The van der Waals surface area contributed by atoms with E-state index in [0.29, 0.717) is 0 Å². The Kier molecular flexibility index (Phi) is 15.1. The molecule has 0 aliphatic carbocycles. The van der Waals surface area contributed by atoms with E-state index in [-0.39, 0.29) is 0 Å². The van der Waals surface area contributed by atoms with E-state index in [2.05, 4.69) is 109 Å². The maximum Gasteiger partial charge on any atom is 0.200 e. The highest BCUT2D eigenvalue weighted by Gasteiger charge is 2.53. The van der Waals surface area contributed by atoms with Gasteiger partial charge < -0.3 is 4.74 Å². The molecule has 0 aliphatic rings. The normalized spacial score (nSPS) is 11.7. The first-order chi connectivity index (χ1) is 34.5. The predicted octanol–water partition coefficient (Wildman–Crippen LogP) is 11.0. The molecule has 0 saturated carbocycles. The van der Waals surface area contributed by atoms with Crippen LogP contribution in [0.1, 0.15) is 5.56 Å². The average Bonchev–Trinajstić information content (AvgIpc) is 3.41. The quantitative estimate of drug-likeness (QED) is 0.0436. The van der Waals surface area contributed by atoms with Crippen LogP contribution < -0.4 is 42.5 Å². The molecule has 0 heterocycles. The summed E-state index contributed by atoms with van der Waals surface area (Å²) < 4.78 is 300. The Morgan fingerprint density at radius 2 is 0.493 bits per heavy atom. The highest BCUT2D eigenvalue weighted by atomic mass is 31.2. The van der Waals surface area contributed by atoms with E-state index in [1.54, 1.807) is 7.11 Å². The molecule has 8 aromatic rings. The van der Waals surface area contributed by atoms with Crippen LogP contribution in [0.25, 0.3) is 0 Å². The summed E-state index contributed by atoms with van der Waals surface area (Å²) in [4.78, 5) is 0. The highest BCUT2D eigenvalue weighted by Crippen LogP contribution is 2.59. The van der Waals surface area contributed by atoms with Gasteiger partial charge in [-0.15, -0.1) is 21.9 Å². The molecule has 0 spiro atoms. The average molecular weight is 1060 g/mol. The standard InChI is InChI=1S/C26H24OP.C24BF20/c1-27-26-20-12-11-13-22(26)21-28(23-14-5-2-6-15-23,24-16-7-3-8-17-24)25-18-9-4-10-19-25;26-5-1(6(27)14(35)21(42)13(5)34)25(2-7(28)15(36)22(43)16(37)8(2)29,3-9(30)17(38)23(44)18(39)10(3)31)4-11(32)19(40)24(45)20(41)12(4)33/h2-20H,21H2,1H3;/q+1;-1. The molecular formula is C50H24BF20OP. The molecule has 0 radical (unpaired) electrons. The lowest BCUT2D eigenvalue weighted by Gasteiger charge is -2.44. The van der Waals surface area contributed by atoms with Gasteiger partial charge in [0.05, 0.1) is 7.11 Å². The molecular weight excluding hydrogens is 1040 g/mol. The van der Waals surface area contributed by atoms with Crippen molar-refractivity contribution in [1.82, 2.24) is 0 Å². The first-order valence-corrected chi connectivity index (χ1v) is 22.4. The van der Waals surface area contributed by atoms with Crippen LogP contribution in [0.4, 0.5) is 87.8 Å². The second-order valence-electron chi connectivity index (χ2n) is 15.6. The van der Waals surface area contributed by atoms with Gasteiger partial charge in [0.25, 0.3) is 0 Å². The second kappa shape index (κ2) is 20.6. The lowest BCUT2D eigenvalue weighted by Crippen LogP contribution is -2.81. The number of para-hydroxylation sites is 1. The monoisotopic (exact) mass is 1060 g/mol. The third-order valence-corrected chi connectivity index (χ3v) is 16.3. The van der Waals surface area contributed by atoms with E-state index in [9.17, 15) is 52.7 Å². The fraction of sp³-hybridized carbons (Fsp3) is 0.0400. The van der Waals surface area contributed by atoms with Gasteiger partial charge in [0, 0.05) is 5.56 Å². The van der Waals surface area contributed by atoms with Gasteiger partial charge in [-0.1, -0.05) is 72.8 Å². The van der Waals surface area contributed by atoms with Crippen LogP contribution in [0.3, 0.4) is 0 Å². The SMILES string of the molecule is COc1ccccc1C[P+](c1ccccc1)(c1ccccc1)c1ccccc1.Fc1c(F)c(F)c([B-](c2c(F)c(F)c(F)c(F)c2F)(c2c(F)c(F)c(F)c(F)c2F)c2c(F)c(F)c(F)c(F)c2F)c(F)c1F. The molecule has 378 valence electrons. The number of hydrogen-bond donors (Lipinski definition) is 0. The third kappa shape index (κ3) is 8.51. The fourth-order valence-corrected chi connectivity index (χ4v) is 13.0. The summed E-state index contributed by atoms with van der Waals surface area (Å²) >= 11 is 0. The molecule has 8 aromatic carbocycles. The first kappa shape index (κ1) is 53.5.